The zero-order valence-electron chi connectivity index (χ0n) is 9.34. The van der Waals surface area contributed by atoms with Gasteiger partial charge in [-0.25, -0.2) is 19.3 Å². The third kappa shape index (κ3) is 1.68. The number of hydrogen-bond acceptors (Lipinski definition) is 5. The second-order valence-corrected chi connectivity index (χ2v) is 4.38. The van der Waals surface area contributed by atoms with Crippen molar-refractivity contribution >= 4 is 11.5 Å². The first-order valence-corrected chi connectivity index (χ1v) is 5.53. The van der Waals surface area contributed by atoms with Crippen molar-refractivity contribution in [2.24, 2.45) is 0 Å². The molecule has 0 radical (unpaired) electrons. The summed E-state index contributed by atoms with van der Waals surface area (Å²) < 4.78 is 1.42. The number of fused-ring (bicyclic) bond motifs is 1. The Bertz CT molecular complexity index is 611. The van der Waals surface area contributed by atoms with Gasteiger partial charge in [-0.3, -0.25) is 0 Å². The summed E-state index contributed by atoms with van der Waals surface area (Å²) >= 11 is 0. The van der Waals surface area contributed by atoms with Gasteiger partial charge in [0.2, 0.25) is 0 Å². The normalized spacial score (nSPS) is 23.6. The third-order valence-corrected chi connectivity index (χ3v) is 3.04. The SMILES string of the molecule is Cc1nc(NC2CC(O)C2)cc2n[nH]c(=O)n12. The van der Waals surface area contributed by atoms with E-state index in [-0.39, 0.29) is 17.8 Å². The Morgan fingerprint density at radius 2 is 2.35 bits per heavy atom. The molecule has 2 heterocycles. The Hall–Kier alpha value is -1.89. The molecule has 7 nitrogen and oxygen atoms in total. The molecule has 0 atom stereocenters. The molecular formula is C10H13N5O2. The number of aryl methyl sites for hydroxylation is 1. The smallest absolute Gasteiger partial charge is 0.349 e. The molecule has 0 aromatic carbocycles. The van der Waals surface area contributed by atoms with E-state index in [1.54, 1.807) is 13.0 Å². The van der Waals surface area contributed by atoms with E-state index in [4.69, 9.17) is 0 Å². The minimum absolute atomic E-state index is 0.203. The quantitative estimate of drug-likeness (QED) is 0.662. The van der Waals surface area contributed by atoms with Gasteiger partial charge in [-0.15, -0.1) is 0 Å². The van der Waals surface area contributed by atoms with Crippen molar-refractivity contribution < 1.29 is 5.11 Å². The Morgan fingerprint density at radius 3 is 3.06 bits per heavy atom. The van der Waals surface area contributed by atoms with Crippen LogP contribution in [-0.4, -0.2) is 36.8 Å². The van der Waals surface area contributed by atoms with Crippen LogP contribution in [-0.2, 0) is 0 Å². The van der Waals surface area contributed by atoms with Crippen molar-refractivity contribution in [3.05, 3.63) is 22.4 Å². The fourth-order valence-electron chi connectivity index (χ4n) is 2.09. The van der Waals surface area contributed by atoms with Gasteiger partial charge in [0, 0.05) is 12.1 Å². The molecule has 2 aromatic heterocycles. The molecule has 7 heteroatoms. The van der Waals surface area contributed by atoms with Crippen LogP contribution in [0.1, 0.15) is 18.7 Å². The van der Waals surface area contributed by atoms with Crippen LogP contribution in [0, 0.1) is 6.92 Å². The van der Waals surface area contributed by atoms with E-state index in [9.17, 15) is 9.90 Å². The van der Waals surface area contributed by atoms with Gasteiger partial charge < -0.3 is 10.4 Å². The summed E-state index contributed by atoms with van der Waals surface area (Å²) in [6.07, 6.45) is 1.27. The summed E-state index contributed by atoms with van der Waals surface area (Å²) in [6, 6.07) is 1.97. The second-order valence-electron chi connectivity index (χ2n) is 4.38. The first kappa shape index (κ1) is 10.3. The van der Waals surface area contributed by atoms with Gasteiger partial charge in [0.15, 0.2) is 5.65 Å². The topological polar surface area (TPSA) is 95.3 Å². The second kappa shape index (κ2) is 3.56. The maximum atomic E-state index is 11.4. The van der Waals surface area contributed by atoms with E-state index in [0.717, 1.165) is 12.8 Å². The van der Waals surface area contributed by atoms with Crippen LogP contribution < -0.4 is 11.0 Å². The van der Waals surface area contributed by atoms with Crippen LogP contribution in [0.15, 0.2) is 10.9 Å². The molecule has 0 amide bonds. The van der Waals surface area contributed by atoms with E-state index >= 15 is 0 Å². The molecule has 1 aliphatic carbocycles. The number of rotatable bonds is 2. The van der Waals surface area contributed by atoms with Crippen molar-refractivity contribution in [3.63, 3.8) is 0 Å². The lowest BCUT2D eigenvalue weighted by Crippen LogP contribution is -2.39. The van der Waals surface area contributed by atoms with E-state index in [1.165, 1.54) is 4.40 Å². The molecule has 90 valence electrons. The van der Waals surface area contributed by atoms with Crippen LogP contribution in [0.5, 0.6) is 0 Å². The lowest BCUT2D eigenvalue weighted by atomic mass is 9.89. The Labute approximate surface area is 96.5 Å². The molecule has 0 saturated heterocycles. The van der Waals surface area contributed by atoms with Crippen molar-refractivity contribution in [2.75, 3.05) is 5.32 Å². The highest BCUT2D eigenvalue weighted by Gasteiger charge is 2.27. The fourth-order valence-corrected chi connectivity index (χ4v) is 2.09. The van der Waals surface area contributed by atoms with E-state index in [0.29, 0.717) is 17.3 Å². The Balaban J connectivity index is 1.93. The average Bonchev–Trinajstić information content (AvgIpc) is 2.58. The standard InChI is InChI=1S/C10H13N5O2/c1-5-11-8(12-6-2-7(16)3-6)4-9-13-14-10(17)15(5)9/h4,6-7,12,16H,2-3H2,1H3,(H,14,17). The highest BCUT2D eigenvalue weighted by molar-refractivity contribution is 5.50. The first-order valence-electron chi connectivity index (χ1n) is 5.53. The zero-order valence-corrected chi connectivity index (χ0v) is 9.34. The fraction of sp³-hybridized carbons (Fsp3) is 0.500. The van der Waals surface area contributed by atoms with Crippen LogP contribution in [0.2, 0.25) is 0 Å². The minimum Gasteiger partial charge on any atom is -0.393 e. The summed E-state index contributed by atoms with van der Waals surface area (Å²) in [4.78, 5) is 15.7. The molecular weight excluding hydrogens is 222 g/mol. The van der Waals surface area contributed by atoms with E-state index in [1.807, 2.05) is 0 Å². The maximum Gasteiger partial charge on any atom is 0.349 e. The van der Waals surface area contributed by atoms with Gasteiger partial charge in [-0.1, -0.05) is 0 Å². The van der Waals surface area contributed by atoms with Gasteiger partial charge in [0.25, 0.3) is 0 Å². The molecule has 17 heavy (non-hydrogen) atoms. The molecule has 3 N–H and O–H groups in total. The van der Waals surface area contributed by atoms with Crippen molar-refractivity contribution in [3.8, 4) is 0 Å². The molecule has 1 saturated carbocycles. The Kier molecular flexibility index (Phi) is 2.15. The number of aliphatic hydroxyl groups excluding tert-OH is 1. The van der Waals surface area contributed by atoms with Crippen molar-refractivity contribution in [2.45, 2.75) is 31.9 Å². The predicted octanol–water partition coefficient (Wildman–Crippen LogP) is -0.339. The monoisotopic (exact) mass is 235 g/mol. The van der Waals surface area contributed by atoms with Gasteiger partial charge in [0.1, 0.15) is 11.6 Å². The highest BCUT2D eigenvalue weighted by atomic mass is 16.3. The number of aromatic amines is 1. The largest absolute Gasteiger partial charge is 0.393 e. The molecule has 0 spiro atoms. The summed E-state index contributed by atoms with van der Waals surface area (Å²) in [5.74, 6) is 1.27. The lowest BCUT2D eigenvalue weighted by molar-refractivity contribution is 0.0835. The summed E-state index contributed by atoms with van der Waals surface area (Å²) in [6.45, 7) is 1.75. The predicted molar refractivity (Wildman–Crippen MR) is 61.0 cm³/mol. The summed E-state index contributed by atoms with van der Waals surface area (Å²) in [5, 5.41) is 18.7. The lowest BCUT2D eigenvalue weighted by Gasteiger charge is -2.32. The molecule has 0 aliphatic heterocycles. The number of nitrogens with one attached hydrogen (secondary N) is 2. The number of hydrogen-bond donors (Lipinski definition) is 3. The molecule has 1 fully saturated rings. The van der Waals surface area contributed by atoms with Crippen LogP contribution >= 0.6 is 0 Å². The highest BCUT2D eigenvalue weighted by Crippen LogP contribution is 2.23. The molecule has 1 aliphatic rings. The van der Waals surface area contributed by atoms with E-state index < -0.39 is 0 Å². The van der Waals surface area contributed by atoms with Crippen molar-refractivity contribution in [1.29, 1.82) is 0 Å². The van der Waals surface area contributed by atoms with Gasteiger partial charge >= 0.3 is 5.69 Å². The molecule has 3 rings (SSSR count). The number of aliphatic hydroxyl groups is 1. The minimum atomic E-state index is -0.282. The molecule has 2 aromatic rings. The maximum absolute atomic E-state index is 11.4. The third-order valence-electron chi connectivity index (χ3n) is 3.04. The number of anilines is 1. The van der Waals surface area contributed by atoms with Crippen LogP contribution in [0.4, 0.5) is 5.82 Å². The van der Waals surface area contributed by atoms with Crippen LogP contribution in [0.3, 0.4) is 0 Å². The average molecular weight is 235 g/mol. The summed E-state index contributed by atoms with van der Waals surface area (Å²) in [7, 11) is 0. The van der Waals surface area contributed by atoms with Crippen LogP contribution in [0.25, 0.3) is 5.65 Å². The first-order chi connectivity index (χ1) is 8.13. The van der Waals surface area contributed by atoms with Gasteiger partial charge in [-0.2, -0.15) is 5.10 Å². The Morgan fingerprint density at radius 1 is 1.59 bits per heavy atom. The van der Waals surface area contributed by atoms with Gasteiger partial charge in [0.05, 0.1) is 6.10 Å². The molecule has 0 unspecified atom stereocenters. The van der Waals surface area contributed by atoms with E-state index in [2.05, 4.69) is 20.5 Å². The summed E-state index contributed by atoms with van der Waals surface area (Å²) in [5.41, 5.74) is 0.264. The van der Waals surface area contributed by atoms with Crippen molar-refractivity contribution in [1.82, 2.24) is 19.6 Å². The van der Waals surface area contributed by atoms with Gasteiger partial charge in [-0.05, 0) is 19.8 Å². The molecule has 0 bridgehead atoms. The number of aromatic nitrogens is 4. The number of nitrogens with zero attached hydrogens (tertiary/aromatic N) is 3. The zero-order chi connectivity index (χ0) is 12.0. The number of H-pyrrole nitrogens is 1.